The molecular formula is C10H11ClN4. The first-order valence-electron chi connectivity index (χ1n) is 4.58. The lowest BCUT2D eigenvalue weighted by Gasteiger charge is -2.13. The van der Waals surface area contributed by atoms with Gasteiger partial charge in [0.05, 0.1) is 12.2 Å². The van der Waals surface area contributed by atoms with Gasteiger partial charge in [-0.25, -0.2) is 4.68 Å². The van der Waals surface area contributed by atoms with Crippen LogP contribution in [0.3, 0.4) is 0 Å². The van der Waals surface area contributed by atoms with Gasteiger partial charge in [-0.2, -0.15) is 5.10 Å². The molecule has 0 radical (unpaired) electrons. The highest BCUT2D eigenvalue weighted by molar-refractivity contribution is 6.32. The zero-order valence-corrected chi connectivity index (χ0v) is 9.02. The number of nitrogens with zero attached hydrogens (tertiary/aromatic N) is 3. The van der Waals surface area contributed by atoms with Crippen molar-refractivity contribution in [3.63, 3.8) is 0 Å². The van der Waals surface area contributed by atoms with Crippen LogP contribution in [0.5, 0.6) is 0 Å². The zero-order valence-electron chi connectivity index (χ0n) is 8.26. The van der Waals surface area contributed by atoms with Crippen LogP contribution >= 0.6 is 11.6 Å². The predicted octanol–water partition coefficient (Wildman–Crippen LogP) is 2.12. The Morgan fingerprint density at radius 1 is 1.40 bits per heavy atom. The summed E-state index contributed by atoms with van der Waals surface area (Å²) < 4.78 is 1.69. The summed E-state index contributed by atoms with van der Waals surface area (Å²) in [5.74, 6) is 0.487. The Morgan fingerprint density at radius 2 is 2.07 bits per heavy atom. The summed E-state index contributed by atoms with van der Waals surface area (Å²) in [4.78, 5) is 3.96. The predicted molar refractivity (Wildman–Crippen MR) is 59.7 cm³/mol. The molecule has 5 heteroatoms. The minimum absolute atomic E-state index is 0.0560. The van der Waals surface area contributed by atoms with E-state index in [0.717, 1.165) is 5.56 Å². The molecule has 2 heterocycles. The van der Waals surface area contributed by atoms with Gasteiger partial charge in [0.1, 0.15) is 10.8 Å². The van der Waals surface area contributed by atoms with E-state index in [2.05, 4.69) is 10.1 Å². The molecule has 1 atom stereocenters. The van der Waals surface area contributed by atoms with Crippen LogP contribution in [-0.4, -0.2) is 14.8 Å². The van der Waals surface area contributed by atoms with Crippen LogP contribution in [-0.2, 0) is 0 Å². The largest absolute Gasteiger partial charge is 0.383 e. The van der Waals surface area contributed by atoms with E-state index in [1.54, 1.807) is 23.3 Å². The second-order valence-electron chi connectivity index (χ2n) is 3.28. The average Bonchev–Trinajstić information content (AvgIpc) is 2.60. The maximum Gasteiger partial charge on any atom is 0.141 e. The Bertz CT molecular complexity index is 452. The van der Waals surface area contributed by atoms with Crippen molar-refractivity contribution in [2.45, 2.75) is 13.0 Å². The van der Waals surface area contributed by atoms with Crippen molar-refractivity contribution in [2.75, 3.05) is 5.73 Å². The van der Waals surface area contributed by atoms with E-state index in [1.807, 2.05) is 19.1 Å². The molecule has 0 amide bonds. The third kappa shape index (κ3) is 1.80. The molecule has 15 heavy (non-hydrogen) atoms. The maximum atomic E-state index is 5.84. The molecule has 2 aromatic heterocycles. The molecule has 0 aliphatic rings. The van der Waals surface area contributed by atoms with E-state index >= 15 is 0 Å². The number of aromatic nitrogens is 3. The van der Waals surface area contributed by atoms with E-state index in [1.165, 1.54) is 0 Å². The van der Waals surface area contributed by atoms with E-state index in [0.29, 0.717) is 10.8 Å². The zero-order chi connectivity index (χ0) is 10.8. The Hall–Kier alpha value is -1.55. The van der Waals surface area contributed by atoms with Gasteiger partial charge in [0.2, 0.25) is 0 Å². The molecule has 0 saturated heterocycles. The van der Waals surface area contributed by atoms with Gasteiger partial charge >= 0.3 is 0 Å². The second kappa shape index (κ2) is 3.90. The average molecular weight is 223 g/mol. The van der Waals surface area contributed by atoms with Gasteiger partial charge in [0.15, 0.2) is 0 Å². The van der Waals surface area contributed by atoms with Gasteiger partial charge < -0.3 is 5.73 Å². The number of rotatable bonds is 2. The first-order valence-corrected chi connectivity index (χ1v) is 4.96. The number of hydrogen-bond acceptors (Lipinski definition) is 3. The Labute approximate surface area is 92.7 Å². The Morgan fingerprint density at radius 3 is 2.60 bits per heavy atom. The summed E-state index contributed by atoms with van der Waals surface area (Å²) in [6.07, 6.45) is 5.04. The standard InChI is InChI=1S/C10H11ClN4/c1-7(8-2-4-13-5-3-8)15-10(12)9(11)6-14-15/h2-7H,12H2,1H3. The summed E-state index contributed by atoms with van der Waals surface area (Å²) in [7, 11) is 0. The smallest absolute Gasteiger partial charge is 0.141 e. The molecule has 4 nitrogen and oxygen atoms in total. The number of halogens is 1. The highest BCUT2D eigenvalue weighted by Crippen LogP contribution is 2.24. The van der Waals surface area contributed by atoms with Crippen molar-refractivity contribution in [2.24, 2.45) is 0 Å². The lowest BCUT2D eigenvalue weighted by Crippen LogP contribution is -2.11. The first-order chi connectivity index (χ1) is 7.20. The van der Waals surface area contributed by atoms with Crippen LogP contribution < -0.4 is 5.73 Å². The van der Waals surface area contributed by atoms with Gasteiger partial charge in [-0.05, 0) is 24.6 Å². The van der Waals surface area contributed by atoms with Crippen LogP contribution in [0.25, 0.3) is 0 Å². The summed E-state index contributed by atoms with van der Waals surface area (Å²) in [5, 5.41) is 4.61. The quantitative estimate of drug-likeness (QED) is 0.847. The van der Waals surface area contributed by atoms with Crippen molar-refractivity contribution >= 4 is 17.4 Å². The van der Waals surface area contributed by atoms with E-state index in [4.69, 9.17) is 17.3 Å². The van der Waals surface area contributed by atoms with Crippen molar-refractivity contribution in [1.29, 1.82) is 0 Å². The molecule has 0 aromatic carbocycles. The summed E-state index contributed by atoms with van der Waals surface area (Å²) in [6, 6.07) is 3.92. The Kier molecular flexibility index (Phi) is 2.60. The number of hydrogen-bond donors (Lipinski definition) is 1. The minimum atomic E-state index is 0.0560. The van der Waals surface area contributed by atoms with Gasteiger partial charge in [-0.3, -0.25) is 4.98 Å². The van der Waals surface area contributed by atoms with E-state index < -0.39 is 0 Å². The van der Waals surface area contributed by atoms with Crippen molar-refractivity contribution in [1.82, 2.24) is 14.8 Å². The number of nitrogens with two attached hydrogens (primary N) is 1. The summed E-state index contributed by atoms with van der Waals surface area (Å²) >= 11 is 5.84. The fourth-order valence-electron chi connectivity index (χ4n) is 1.44. The third-order valence-corrected chi connectivity index (χ3v) is 2.63. The molecular weight excluding hydrogens is 212 g/mol. The Balaban J connectivity index is 2.37. The number of pyridine rings is 1. The van der Waals surface area contributed by atoms with E-state index in [9.17, 15) is 0 Å². The fourth-order valence-corrected chi connectivity index (χ4v) is 1.57. The molecule has 0 spiro atoms. The molecule has 78 valence electrons. The van der Waals surface area contributed by atoms with Crippen LogP contribution in [0.1, 0.15) is 18.5 Å². The molecule has 0 aliphatic carbocycles. The van der Waals surface area contributed by atoms with Crippen molar-refractivity contribution in [3.05, 3.63) is 41.3 Å². The molecule has 0 saturated carbocycles. The number of anilines is 1. The topological polar surface area (TPSA) is 56.7 Å². The van der Waals surface area contributed by atoms with Gasteiger partial charge in [0, 0.05) is 12.4 Å². The van der Waals surface area contributed by atoms with Crippen LogP contribution in [0.4, 0.5) is 5.82 Å². The molecule has 0 fully saturated rings. The van der Waals surface area contributed by atoms with Gasteiger partial charge in [-0.15, -0.1) is 0 Å². The first kappa shape index (κ1) is 9.98. The third-order valence-electron chi connectivity index (χ3n) is 2.34. The van der Waals surface area contributed by atoms with Crippen LogP contribution in [0, 0.1) is 0 Å². The maximum absolute atomic E-state index is 5.84. The summed E-state index contributed by atoms with van der Waals surface area (Å²) in [5.41, 5.74) is 6.89. The van der Waals surface area contributed by atoms with Crippen LogP contribution in [0.2, 0.25) is 5.02 Å². The van der Waals surface area contributed by atoms with Gasteiger partial charge in [-0.1, -0.05) is 11.6 Å². The molecule has 1 unspecified atom stereocenters. The fraction of sp³-hybridized carbons (Fsp3) is 0.200. The molecule has 2 rings (SSSR count). The second-order valence-corrected chi connectivity index (χ2v) is 3.69. The molecule has 2 aromatic rings. The lowest BCUT2D eigenvalue weighted by atomic mass is 10.1. The molecule has 0 aliphatic heterocycles. The minimum Gasteiger partial charge on any atom is -0.383 e. The highest BCUT2D eigenvalue weighted by atomic mass is 35.5. The monoisotopic (exact) mass is 222 g/mol. The van der Waals surface area contributed by atoms with Gasteiger partial charge in [0.25, 0.3) is 0 Å². The van der Waals surface area contributed by atoms with Crippen molar-refractivity contribution < 1.29 is 0 Å². The highest BCUT2D eigenvalue weighted by Gasteiger charge is 2.13. The van der Waals surface area contributed by atoms with Crippen molar-refractivity contribution in [3.8, 4) is 0 Å². The van der Waals surface area contributed by atoms with Crippen LogP contribution in [0.15, 0.2) is 30.7 Å². The SMILES string of the molecule is CC(c1ccncc1)n1ncc(Cl)c1N. The van der Waals surface area contributed by atoms with E-state index in [-0.39, 0.29) is 6.04 Å². The summed E-state index contributed by atoms with van der Waals surface area (Å²) in [6.45, 7) is 2.01. The molecule has 2 N–H and O–H groups in total. The number of nitrogen functional groups attached to an aromatic ring is 1. The molecule has 0 bridgehead atoms. The normalized spacial score (nSPS) is 12.7. The lowest BCUT2D eigenvalue weighted by molar-refractivity contribution is 0.572.